The maximum Gasteiger partial charge on any atom is 0.165 e. The molecule has 0 N–H and O–H groups in total. The number of rotatable bonds is 10. The lowest BCUT2D eigenvalue weighted by atomic mass is 9.82. The first-order valence-corrected chi connectivity index (χ1v) is 41.0. The number of fused-ring (bicyclic) bond motifs is 18. The summed E-state index contributed by atoms with van der Waals surface area (Å²) in [6.07, 6.45) is 0. The van der Waals surface area contributed by atoms with Crippen LogP contribution in [-0.2, 0) is 10.8 Å². The average molecular weight is 1560 g/mol. The van der Waals surface area contributed by atoms with Crippen molar-refractivity contribution in [2.45, 2.75) is 38.5 Å². The van der Waals surface area contributed by atoms with Crippen LogP contribution >= 0.6 is 22.7 Å². The number of aromatic nitrogens is 8. The molecule has 0 saturated carbocycles. The van der Waals surface area contributed by atoms with Gasteiger partial charge in [0.25, 0.3) is 0 Å². The fraction of sp³-hybridized carbons (Fsp3) is 0.0556. The van der Waals surface area contributed by atoms with Crippen LogP contribution in [0.2, 0.25) is 0 Å². The lowest BCUT2D eigenvalue weighted by molar-refractivity contribution is 0.660. The van der Waals surface area contributed by atoms with E-state index in [1.165, 1.54) is 22.3 Å². The summed E-state index contributed by atoms with van der Waals surface area (Å²) >= 11 is 3.32. The van der Waals surface area contributed by atoms with Crippen molar-refractivity contribution in [3.05, 3.63) is 386 Å². The Kier molecular flexibility index (Phi) is 13.6. The van der Waals surface area contributed by atoms with Gasteiger partial charge in [0, 0.05) is 117 Å². The molecule has 22 aromatic rings. The van der Waals surface area contributed by atoms with E-state index >= 15 is 0 Å². The molecule has 0 spiro atoms. The number of benzene rings is 16. The average Bonchev–Trinajstić information content (AvgIpc) is 1.61. The maximum absolute atomic E-state index is 9.07. The fourth-order valence-electron chi connectivity index (χ4n) is 18.4. The molecule has 0 saturated heterocycles. The summed E-state index contributed by atoms with van der Waals surface area (Å²) in [7, 11) is 0. The van der Waals surface area contributed by atoms with Crippen LogP contribution in [0.15, 0.2) is 364 Å². The second-order valence-corrected chi connectivity index (χ2v) is 33.4. The Morgan fingerprint density at radius 2 is 0.593 bits per heavy atom. The molecule has 0 atom stereocenters. The Morgan fingerprint density at radius 3 is 1.05 bits per heavy atom. The van der Waals surface area contributed by atoms with E-state index in [1.807, 2.05) is 24.3 Å². The van der Waals surface area contributed by atoms with Gasteiger partial charge in [-0.2, -0.15) is 0 Å². The van der Waals surface area contributed by atoms with Crippen LogP contribution in [0.5, 0.6) is 0 Å². The van der Waals surface area contributed by atoms with Gasteiger partial charge >= 0.3 is 0 Å². The Morgan fingerprint density at radius 1 is 0.246 bits per heavy atom. The standard InChI is InChI=1S/2C54H36N4S/c1-54(2)44-24-12-9-20-38(44)39-29-28-35(30-45(39)54)52-55-51(34-18-7-4-8-19-34)56-53(57-52)43-32-36(58-46-25-13-10-21-40(46)41-22-11-14-26-47(41)58)31-42-49-37(33-16-5-3-6-17-33)23-15-27-48(49)59-50(42)43;1-54(2)44-24-12-9-20-38(44)41-30-35(28-29-45(41)54)52-55-51(34-18-7-4-8-19-34)56-53(57-52)43-32-36(58-46-25-13-10-21-39(46)40-22-11-14-26-47(40)58)31-42-49-37(33-16-5-3-6-17-33)23-15-27-48(49)59-50(42)43/h2*3-32H,1-2H3/i2*4D,7D,8D,18D,19D. The lowest BCUT2D eigenvalue weighted by Crippen LogP contribution is -2.15. The molecule has 16 aromatic carbocycles. The molecule has 6 heterocycles. The quantitative estimate of drug-likeness (QED) is 0.136. The SMILES string of the molecule is [2H]c1c([2H])c([2H])c(-c2nc(-c3ccc4c(c3)-c3ccccc3C4(C)C)nc(-c3cc(-n4c5ccccc5c5ccccc54)cc4c3sc3cccc(-c5ccccc5)c34)n2)c([2H])c1[2H].[2H]c1c([2H])c([2H])c(-c2nc(-c3ccc4c(c3)C(C)(C)c3ccccc3-4)nc(-c3cc(-n4c5ccccc5c5ccccc54)cc4c3sc3cccc(-c5ccccc5)c34)n2)c([2H])c1[2H]. The van der Waals surface area contributed by atoms with Gasteiger partial charge in [0.1, 0.15) is 0 Å². The first kappa shape index (κ1) is 59.3. The van der Waals surface area contributed by atoms with Crippen LogP contribution in [0.4, 0.5) is 0 Å². The van der Waals surface area contributed by atoms with E-state index in [4.69, 9.17) is 43.6 Å². The van der Waals surface area contributed by atoms with Crippen molar-refractivity contribution < 1.29 is 13.7 Å². The Bertz CT molecular complexity index is 8390. The highest BCUT2D eigenvalue weighted by Crippen LogP contribution is 2.54. The highest BCUT2D eigenvalue weighted by molar-refractivity contribution is 7.27. The normalized spacial score (nSPS) is 14.2. The Hall–Kier alpha value is -14.4. The minimum atomic E-state index is -0.478. The van der Waals surface area contributed by atoms with Crippen molar-refractivity contribution >= 4 is 107 Å². The van der Waals surface area contributed by atoms with Crippen LogP contribution < -0.4 is 0 Å². The molecular formula is C108H72N8S2. The van der Waals surface area contributed by atoms with Crippen LogP contribution in [0.1, 0.15) is 63.7 Å². The second-order valence-electron chi connectivity index (χ2n) is 31.2. The van der Waals surface area contributed by atoms with Crippen molar-refractivity contribution in [2.24, 2.45) is 0 Å². The molecule has 556 valence electrons. The van der Waals surface area contributed by atoms with Gasteiger partial charge in [-0.15, -0.1) is 22.7 Å². The third kappa shape index (κ3) is 11.0. The molecule has 24 rings (SSSR count). The van der Waals surface area contributed by atoms with E-state index in [1.54, 1.807) is 22.7 Å². The van der Waals surface area contributed by atoms with Gasteiger partial charge in [-0.05, 0) is 140 Å². The Labute approximate surface area is 703 Å². The summed E-state index contributed by atoms with van der Waals surface area (Å²) in [4.78, 5) is 30.8. The van der Waals surface area contributed by atoms with Crippen LogP contribution in [0.3, 0.4) is 0 Å². The van der Waals surface area contributed by atoms with Gasteiger partial charge in [0.05, 0.1) is 35.8 Å². The number of hydrogen-bond acceptors (Lipinski definition) is 8. The van der Waals surface area contributed by atoms with E-state index in [-0.39, 0.29) is 57.8 Å². The number of thiophene rings is 2. The molecule has 8 nitrogen and oxygen atoms in total. The first-order chi connectivity index (χ1) is 62.2. The summed E-state index contributed by atoms with van der Waals surface area (Å²) in [5, 5.41) is 8.80. The molecule has 0 bridgehead atoms. The van der Waals surface area contributed by atoms with Crippen molar-refractivity contribution in [1.29, 1.82) is 0 Å². The van der Waals surface area contributed by atoms with Crippen molar-refractivity contribution in [3.8, 4) is 124 Å². The van der Waals surface area contributed by atoms with Gasteiger partial charge in [-0.25, -0.2) is 29.9 Å². The molecule has 0 radical (unpaired) electrons. The van der Waals surface area contributed by atoms with E-state index in [0.717, 1.165) is 162 Å². The minimum Gasteiger partial charge on any atom is -0.309 e. The van der Waals surface area contributed by atoms with Gasteiger partial charge in [0.2, 0.25) is 0 Å². The first-order valence-electron chi connectivity index (χ1n) is 44.4. The zero-order valence-electron chi connectivity index (χ0n) is 74.3. The molecule has 10 heteroatoms. The summed E-state index contributed by atoms with van der Waals surface area (Å²) in [5.74, 6) is 1.33. The number of hydrogen-bond donors (Lipinski definition) is 0. The molecule has 118 heavy (non-hydrogen) atoms. The molecular weight excluding hydrogens is 1470 g/mol. The zero-order valence-corrected chi connectivity index (χ0v) is 65.9. The van der Waals surface area contributed by atoms with E-state index < -0.39 is 36.3 Å². The van der Waals surface area contributed by atoms with Crippen LogP contribution in [-0.4, -0.2) is 39.0 Å². The van der Waals surface area contributed by atoms with Gasteiger partial charge in [-0.3, -0.25) is 0 Å². The van der Waals surface area contributed by atoms with Crippen molar-refractivity contribution in [3.63, 3.8) is 0 Å². The fourth-order valence-corrected chi connectivity index (χ4v) is 20.9. The zero-order chi connectivity index (χ0) is 87.2. The largest absolute Gasteiger partial charge is 0.309 e. The van der Waals surface area contributed by atoms with E-state index in [9.17, 15) is 0 Å². The molecule has 6 aromatic heterocycles. The highest BCUT2D eigenvalue weighted by atomic mass is 32.1. The van der Waals surface area contributed by atoms with Crippen molar-refractivity contribution in [2.75, 3.05) is 0 Å². The van der Waals surface area contributed by atoms with Crippen LogP contribution in [0.25, 0.3) is 208 Å². The smallest absolute Gasteiger partial charge is 0.165 e. The molecule has 2 aliphatic carbocycles. The van der Waals surface area contributed by atoms with E-state index in [2.05, 4.69) is 316 Å². The summed E-state index contributed by atoms with van der Waals surface area (Å²) < 4.78 is 96.3. The van der Waals surface area contributed by atoms with Crippen molar-refractivity contribution in [1.82, 2.24) is 39.0 Å². The minimum absolute atomic E-state index is 0.000249. The predicted molar refractivity (Wildman–Crippen MR) is 493 cm³/mol. The molecule has 2 aliphatic rings. The maximum atomic E-state index is 9.07. The lowest BCUT2D eigenvalue weighted by Gasteiger charge is -2.21. The second kappa shape index (κ2) is 27.1. The highest BCUT2D eigenvalue weighted by Gasteiger charge is 2.38. The molecule has 0 fully saturated rings. The van der Waals surface area contributed by atoms with Gasteiger partial charge < -0.3 is 9.13 Å². The van der Waals surface area contributed by atoms with Crippen LogP contribution in [0, 0.1) is 0 Å². The number of nitrogens with zero attached hydrogens (tertiary/aromatic N) is 8. The van der Waals surface area contributed by atoms with E-state index in [0.29, 0.717) is 23.3 Å². The Balaban J connectivity index is 0.000000146. The topological polar surface area (TPSA) is 87.2 Å². The monoisotopic (exact) mass is 1550 g/mol. The molecule has 0 aliphatic heterocycles. The van der Waals surface area contributed by atoms with Gasteiger partial charge in [0.15, 0.2) is 34.9 Å². The third-order valence-corrected chi connectivity index (χ3v) is 26.3. The summed E-state index contributed by atoms with van der Waals surface area (Å²) in [6.45, 7) is 8.91. The van der Waals surface area contributed by atoms with Gasteiger partial charge in [-0.1, -0.05) is 319 Å². The summed E-state index contributed by atoms with van der Waals surface area (Å²) in [5.41, 5.74) is 22.0. The predicted octanol–water partition coefficient (Wildman–Crippen LogP) is 28.6. The molecule has 0 amide bonds. The third-order valence-electron chi connectivity index (χ3n) is 23.9. The molecule has 0 unspecified atom stereocenters. The number of para-hydroxylation sites is 4. The summed E-state index contributed by atoms with van der Waals surface area (Å²) in [6, 6.07) is 101.